The Labute approximate surface area is 225 Å². The van der Waals surface area contributed by atoms with Gasteiger partial charge in [-0.25, -0.2) is 0 Å². The largest absolute Gasteiger partial charge is 0.493 e. The lowest BCUT2D eigenvalue weighted by molar-refractivity contribution is -0.114. The van der Waals surface area contributed by atoms with Gasteiger partial charge >= 0.3 is 0 Å². The molecule has 1 heterocycles. The summed E-state index contributed by atoms with van der Waals surface area (Å²) in [5, 5.41) is 7.20. The zero-order valence-electron chi connectivity index (χ0n) is 19.9. The van der Waals surface area contributed by atoms with Crippen LogP contribution in [0.25, 0.3) is 6.08 Å². The number of hydrogen-bond acceptors (Lipinski definition) is 4. The number of amides is 1. The van der Waals surface area contributed by atoms with Crippen molar-refractivity contribution < 1.29 is 14.3 Å². The summed E-state index contributed by atoms with van der Waals surface area (Å²) >= 11 is 12.3. The van der Waals surface area contributed by atoms with Gasteiger partial charge in [0, 0.05) is 21.2 Å². The summed E-state index contributed by atoms with van der Waals surface area (Å²) in [4.78, 5) is 13.5. The predicted octanol–water partition coefficient (Wildman–Crippen LogP) is 7.42. The first-order valence-corrected chi connectivity index (χ1v) is 12.3. The number of carbonyl (C=O) groups is 1. The fourth-order valence-electron chi connectivity index (χ4n) is 3.95. The summed E-state index contributed by atoms with van der Waals surface area (Å²) in [5.41, 5.74) is 4.22. The van der Waals surface area contributed by atoms with Crippen molar-refractivity contribution in [1.29, 1.82) is 0 Å². The normalized spacial score (nSPS) is 14.1. The second-order valence-corrected chi connectivity index (χ2v) is 9.10. The van der Waals surface area contributed by atoms with Crippen molar-refractivity contribution in [3.05, 3.63) is 129 Å². The maximum atomic E-state index is 13.5. The second kappa shape index (κ2) is 10.9. The Hall–Kier alpha value is -4.06. The van der Waals surface area contributed by atoms with Crippen molar-refractivity contribution in [2.75, 3.05) is 12.1 Å². The number of rotatable bonds is 7. The van der Waals surface area contributed by atoms with Crippen molar-refractivity contribution in [1.82, 2.24) is 0 Å². The summed E-state index contributed by atoms with van der Waals surface area (Å²) in [6.45, 7) is 0.252. The number of hydrogen-bond donors (Lipinski definition) is 0. The Bertz CT molecular complexity index is 1500. The highest BCUT2D eigenvalue weighted by Gasteiger charge is 2.32. The number of benzene rings is 4. The first kappa shape index (κ1) is 24.6. The van der Waals surface area contributed by atoms with Crippen LogP contribution >= 0.6 is 23.2 Å². The molecule has 0 spiro atoms. The fraction of sp³-hybridized carbons (Fsp3) is 0.0667. The molecule has 1 amide bonds. The third kappa shape index (κ3) is 5.38. The van der Waals surface area contributed by atoms with Crippen LogP contribution in [0.1, 0.15) is 16.7 Å². The van der Waals surface area contributed by atoms with Gasteiger partial charge < -0.3 is 9.47 Å². The molecule has 0 bridgehead atoms. The minimum atomic E-state index is -0.207. The van der Waals surface area contributed by atoms with Gasteiger partial charge in [-0.3, -0.25) is 4.79 Å². The Kier molecular flexibility index (Phi) is 7.26. The lowest BCUT2D eigenvalue weighted by Gasteiger charge is -2.13. The van der Waals surface area contributed by atoms with Crippen LogP contribution in [0.3, 0.4) is 0 Å². The van der Waals surface area contributed by atoms with Gasteiger partial charge in [0.2, 0.25) is 0 Å². The molecule has 0 aliphatic carbocycles. The van der Waals surface area contributed by atoms with E-state index >= 15 is 0 Å². The van der Waals surface area contributed by atoms with Gasteiger partial charge in [-0.05, 0) is 48.0 Å². The van der Waals surface area contributed by atoms with Gasteiger partial charge in [-0.15, -0.1) is 0 Å². The van der Waals surface area contributed by atoms with Gasteiger partial charge in [0.15, 0.2) is 11.5 Å². The summed E-state index contributed by atoms with van der Waals surface area (Å²) < 4.78 is 11.6. The number of methoxy groups -OCH3 is 1. The van der Waals surface area contributed by atoms with Crippen molar-refractivity contribution in [2.24, 2.45) is 5.10 Å². The maximum absolute atomic E-state index is 13.5. The molecule has 0 unspecified atom stereocenters. The Morgan fingerprint density at radius 3 is 2.30 bits per heavy atom. The van der Waals surface area contributed by atoms with Crippen molar-refractivity contribution >= 4 is 46.6 Å². The molecule has 7 heteroatoms. The van der Waals surface area contributed by atoms with Crippen LogP contribution in [-0.2, 0) is 11.4 Å². The van der Waals surface area contributed by atoms with Gasteiger partial charge in [0.25, 0.3) is 5.91 Å². The molecule has 0 N–H and O–H groups in total. The van der Waals surface area contributed by atoms with E-state index in [2.05, 4.69) is 5.10 Å². The summed E-state index contributed by atoms with van der Waals surface area (Å²) in [5.74, 6) is 0.876. The van der Waals surface area contributed by atoms with E-state index in [1.54, 1.807) is 19.2 Å². The summed E-state index contributed by atoms with van der Waals surface area (Å²) in [6, 6.07) is 29.8. The minimum Gasteiger partial charge on any atom is -0.493 e. The van der Waals surface area contributed by atoms with E-state index < -0.39 is 0 Å². The standard InChI is InChI=1S/C30H22Cl2N2O3/c1-36-28-17-20(12-15-27(28)37-19-22-13-14-23(31)18-26(22)32)16-25-29(21-8-4-2-5-9-21)33-34(30(25)35)24-10-6-3-7-11-24/h2-18H,19H2,1H3/b25-16-. The monoisotopic (exact) mass is 528 g/mol. The van der Waals surface area contributed by atoms with Gasteiger partial charge in [0.1, 0.15) is 12.3 Å². The Balaban J connectivity index is 1.46. The second-order valence-electron chi connectivity index (χ2n) is 8.26. The molecule has 1 aliphatic heterocycles. The molecule has 0 saturated carbocycles. The van der Waals surface area contributed by atoms with Crippen LogP contribution in [0.4, 0.5) is 5.69 Å². The minimum absolute atomic E-state index is 0.207. The average Bonchev–Trinajstić information content (AvgIpc) is 3.25. The summed E-state index contributed by atoms with van der Waals surface area (Å²) in [6.07, 6.45) is 1.82. The molecule has 4 aromatic rings. The fourth-order valence-corrected chi connectivity index (χ4v) is 4.42. The molecular formula is C30H22Cl2N2O3. The van der Waals surface area contributed by atoms with Crippen LogP contribution in [0.5, 0.6) is 11.5 Å². The van der Waals surface area contributed by atoms with Crippen LogP contribution in [-0.4, -0.2) is 18.7 Å². The quantitative estimate of drug-likeness (QED) is 0.234. The number of nitrogens with zero attached hydrogens (tertiary/aromatic N) is 2. The molecule has 184 valence electrons. The molecule has 0 radical (unpaired) electrons. The molecule has 37 heavy (non-hydrogen) atoms. The average molecular weight is 529 g/mol. The molecule has 0 atom stereocenters. The van der Waals surface area contributed by atoms with Crippen LogP contribution in [0.15, 0.2) is 108 Å². The zero-order valence-corrected chi connectivity index (χ0v) is 21.4. The van der Waals surface area contributed by atoms with Crippen LogP contribution in [0.2, 0.25) is 10.0 Å². The number of para-hydroxylation sites is 1. The van der Waals surface area contributed by atoms with E-state index in [4.69, 9.17) is 32.7 Å². The third-order valence-electron chi connectivity index (χ3n) is 5.82. The Morgan fingerprint density at radius 1 is 0.865 bits per heavy atom. The van der Waals surface area contributed by atoms with E-state index in [1.165, 1.54) is 5.01 Å². The number of halogens is 2. The molecule has 5 rings (SSSR count). The van der Waals surface area contributed by atoms with E-state index in [0.717, 1.165) is 16.7 Å². The van der Waals surface area contributed by atoms with Gasteiger partial charge in [-0.1, -0.05) is 83.9 Å². The molecule has 1 aliphatic rings. The molecular weight excluding hydrogens is 507 g/mol. The third-order valence-corrected chi connectivity index (χ3v) is 6.41. The highest BCUT2D eigenvalue weighted by molar-refractivity contribution is 6.37. The van der Waals surface area contributed by atoms with E-state index in [9.17, 15) is 4.79 Å². The van der Waals surface area contributed by atoms with Crippen molar-refractivity contribution in [3.63, 3.8) is 0 Å². The van der Waals surface area contributed by atoms with Gasteiger partial charge in [0.05, 0.1) is 18.4 Å². The van der Waals surface area contributed by atoms with Crippen LogP contribution in [0, 0.1) is 0 Å². The van der Waals surface area contributed by atoms with E-state index in [-0.39, 0.29) is 12.5 Å². The lowest BCUT2D eigenvalue weighted by atomic mass is 10.00. The maximum Gasteiger partial charge on any atom is 0.281 e. The molecule has 4 aromatic carbocycles. The SMILES string of the molecule is COc1cc(/C=C2\C(=O)N(c3ccccc3)N=C2c2ccccc2)ccc1OCc1ccc(Cl)cc1Cl. The van der Waals surface area contributed by atoms with E-state index in [1.807, 2.05) is 91.0 Å². The smallest absolute Gasteiger partial charge is 0.281 e. The van der Waals surface area contributed by atoms with Crippen molar-refractivity contribution in [3.8, 4) is 11.5 Å². The zero-order chi connectivity index (χ0) is 25.8. The molecule has 5 nitrogen and oxygen atoms in total. The highest BCUT2D eigenvalue weighted by Crippen LogP contribution is 2.33. The molecule has 0 fully saturated rings. The number of anilines is 1. The lowest BCUT2D eigenvalue weighted by Crippen LogP contribution is -2.21. The topological polar surface area (TPSA) is 51.1 Å². The number of ether oxygens (including phenoxy) is 2. The highest BCUT2D eigenvalue weighted by atomic mass is 35.5. The number of carbonyl (C=O) groups excluding carboxylic acids is 1. The summed E-state index contributed by atoms with van der Waals surface area (Å²) in [7, 11) is 1.57. The first-order chi connectivity index (χ1) is 18.0. The predicted molar refractivity (Wildman–Crippen MR) is 149 cm³/mol. The van der Waals surface area contributed by atoms with Gasteiger partial charge in [-0.2, -0.15) is 10.1 Å². The Morgan fingerprint density at radius 2 is 1.59 bits per heavy atom. The van der Waals surface area contributed by atoms with Crippen molar-refractivity contribution in [2.45, 2.75) is 6.61 Å². The molecule has 0 saturated heterocycles. The first-order valence-electron chi connectivity index (χ1n) is 11.5. The number of hydrazone groups is 1. The molecule has 0 aromatic heterocycles. The van der Waals surface area contributed by atoms with E-state index in [0.29, 0.717) is 38.5 Å². The van der Waals surface area contributed by atoms with Crippen LogP contribution < -0.4 is 14.5 Å².